The van der Waals surface area contributed by atoms with Gasteiger partial charge in [-0.2, -0.15) is 0 Å². The minimum absolute atomic E-state index is 0.917. The number of hydrogen-bond acceptors (Lipinski definition) is 3. The van der Waals surface area contributed by atoms with Crippen molar-refractivity contribution in [2.24, 2.45) is 7.05 Å². The van der Waals surface area contributed by atoms with Gasteiger partial charge in [0.05, 0.1) is 5.52 Å². The maximum absolute atomic E-state index is 4.17. The van der Waals surface area contributed by atoms with Crippen LogP contribution < -0.4 is 0 Å². The number of pyridine rings is 1. The van der Waals surface area contributed by atoms with Crippen molar-refractivity contribution >= 4 is 21.8 Å². The SMILES string of the molecule is Cn1nnc2cccc(-c3ccc4cnccc4c3)c21. The van der Waals surface area contributed by atoms with Crippen molar-refractivity contribution in [3.63, 3.8) is 0 Å². The summed E-state index contributed by atoms with van der Waals surface area (Å²) < 4.78 is 1.82. The fraction of sp³-hybridized carbons (Fsp3) is 0.0625. The van der Waals surface area contributed by atoms with Crippen LogP contribution in [-0.4, -0.2) is 20.0 Å². The van der Waals surface area contributed by atoms with Crippen LogP contribution in [0.15, 0.2) is 54.9 Å². The van der Waals surface area contributed by atoms with Crippen LogP contribution in [0.3, 0.4) is 0 Å². The van der Waals surface area contributed by atoms with Crippen LogP contribution >= 0.6 is 0 Å². The summed E-state index contributed by atoms with van der Waals surface area (Å²) >= 11 is 0. The molecule has 4 nitrogen and oxygen atoms in total. The first-order valence-electron chi connectivity index (χ1n) is 6.45. The minimum atomic E-state index is 0.917. The molecular weight excluding hydrogens is 248 g/mol. The van der Waals surface area contributed by atoms with Gasteiger partial charge in [-0.15, -0.1) is 5.10 Å². The summed E-state index contributed by atoms with van der Waals surface area (Å²) in [6.45, 7) is 0. The van der Waals surface area contributed by atoms with Gasteiger partial charge in [-0.05, 0) is 29.1 Å². The van der Waals surface area contributed by atoms with Crippen molar-refractivity contribution in [1.82, 2.24) is 20.0 Å². The number of rotatable bonds is 1. The van der Waals surface area contributed by atoms with Crippen LogP contribution in [0.4, 0.5) is 0 Å². The number of nitrogens with zero attached hydrogens (tertiary/aromatic N) is 4. The van der Waals surface area contributed by atoms with E-state index in [9.17, 15) is 0 Å². The first-order chi connectivity index (χ1) is 9.83. The molecular formula is C16H12N4. The number of benzene rings is 2. The van der Waals surface area contributed by atoms with Crippen LogP contribution in [0.5, 0.6) is 0 Å². The average Bonchev–Trinajstić information content (AvgIpc) is 2.88. The molecule has 20 heavy (non-hydrogen) atoms. The highest BCUT2D eigenvalue weighted by atomic mass is 15.4. The molecule has 0 spiro atoms. The van der Waals surface area contributed by atoms with Crippen molar-refractivity contribution in [3.8, 4) is 11.1 Å². The van der Waals surface area contributed by atoms with Gasteiger partial charge in [0, 0.05) is 30.4 Å². The Bertz CT molecular complexity index is 924. The predicted octanol–water partition coefficient (Wildman–Crippen LogP) is 3.18. The number of hydrogen-bond donors (Lipinski definition) is 0. The molecule has 0 amide bonds. The number of aryl methyl sites for hydroxylation is 1. The molecule has 2 aromatic heterocycles. The Balaban J connectivity index is 2.03. The fourth-order valence-electron chi connectivity index (χ4n) is 2.60. The molecule has 0 fully saturated rings. The Morgan fingerprint density at radius 3 is 2.90 bits per heavy atom. The van der Waals surface area contributed by atoms with E-state index < -0.39 is 0 Å². The van der Waals surface area contributed by atoms with Crippen molar-refractivity contribution in [2.75, 3.05) is 0 Å². The molecule has 0 bridgehead atoms. The standard InChI is InChI=1S/C16H12N4/c1-20-16-14(3-2-4-15(16)18-19-20)12-5-6-13-10-17-8-7-11(13)9-12/h2-10H,1H3. The number of para-hydroxylation sites is 1. The van der Waals surface area contributed by atoms with Crippen molar-refractivity contribution < 1.29 is 0 Å². The van der Waals surface area contributed by atoms with Crippen LogP contribution in [0, 0.1) is 0 Å². The van der Waals surface area contributed by atoms with E-state index in [0.29, 0.717) is 0 Å². The van der Waals surface area contributed by atoms with Crippen LogP contribution in [-0.2, 0) is 7.05 Å². The number of fused-ring (bicyclic) bond motifs is 2. The molecule has 0 aliphatic carbocycles. The van der Waals surface area contributed by atoms with Gasteiger partial charge in [0.25, 0.3) is 0 Å². The lowest BCUT2D eigenvalue weighted by atomic mass is 10.0. The zero-order chi connectivity index (χ0) is 13.5. The van der Waals surface area contributed by atoms with Gasteiger partial charge in [0.15, 0.2) is 0 Å². The summed E-state index contributed by atoms with van der Waals surface area (Å²) in [5, 5.41) is 10.6. The monoisotopic (exact) mass is 260 g/mol. The van der Waals surface area contributed by atoms with Crippen molar-refractivity contribution in [3.05, 3.63) is 54.9 Å². The molecule has 0 saturated heterocycles. The van der Waals surface area contributed by atoms with Gasteiger partial charge in [-0.3, -0.25) is 4.98 Å². The summed E-state index contributed by atoms with van der Waals surface area (Å²) in [5.74, 6) is 0. The second-order valence-electron chi connectivity index (χ2n) is 4.82. The highest BCUT2D eigenvalue weighted by molar-refractivity contribution is 5.95. The smallest absolute Gasteiger partial charge is 0.113 e. The molecule has 0 unspecified atom stereocenters. The van der Waals surface area contributed by atoms with E-state index in [4.69, 9.17) is 0 Å². The molecule has 0 aliphatic heterocycles. The van der Waals surface area contributed by atoms with E-state index in [1.54, 1.807) is 0 Å². The molecule has 0 aliphatic rings. The van der Waals surface area contributed by atoms with Gasteiger partial charge in [0.1, 0.15) is 5.52 Å². The molecule has 2 heterocycles. The first-order valence-corrected chi connectivity index (χ1v) is 6.45. The van der Waals surface area contributed by atoms with Gasteiger partial charge in [0.2, 0.25) is 0 Å². The Hall–Kier alpha value is -2.75. The van der Waals surface area contributed by atoms with Crippen LogP contribution in [0.2, 0.25) is 0 Å². The van der Waals surface area contributed by atoms with Gasteiger partial charge in [-0.1, -0.05) is 29.5 Å². The summed E-state index contributed by atoms with van der Waals surface area (Å²) in [6.07, 6.45) is 3.70. The van der Waals surface area contributed by atoms with E-state index in [1.807, 2.05) is 42.3 Å². The van der Waals surface area contributed by atoms with Gasteiger partial charge in [-0.25, -0.2) is 4.68 Å². The molecule has 4 aromatic rings. The maximum atomic E-state index is 4.17. The Labute approximate surface area is 115 Å². The Morgan fingerprint density at radius 1 is 1.00 bits per heavy atom. The highest BCUT2D eigenvalue weighted by Crippen LogP contribution is 2.29. The zero-order valence-corrected chi connectivity index (χ0v) is 11.0. The quantitative estimate of drug-likeness (QED) is 0.528. The third-order valence-electron chi connectivity index (χ3n) is 3.58. The predicted molar refractivity (Wildman–Crippen MR) is 79.2 cm³/mol. The Morgan fingerprint density at radius 2 is 1.95 bits per heavy atom. The molecule has 4 rings (SSSR count). The molecule has 4 heteroatoms. The molecule has 0 atom stereocenters. The normalized spacial score (nSPS) is 11.2. The summed E-state index contributed by atoms with van der Waals surface area (Å²) in [5.41, 5.74) is 4.29. The summed E-state index contributed by atoms with van der Waals surface area (Å²) in [4.78, 5) is 4.15. The average molecular weight is 260 g/mol. The van der Waals surface area contributed by atoms with E-state index in [1.165, 1.54) is 10.9 Å². The fourth-order valence-corrected chi connectivity index (χ4v) is 2.60. The highest BCUT2D eigenvalue weighted by Gasteiger charge is 2.09. The second kappa shape index (κ2) is 4.13. The third-order valence-corrected chi connectivity index (χ3v) is 3.58. The van der Waals surface area contributed by atoms with Gasteiger partial charge < -0.3 is 0 Å². The van der Waals surface area contributed by atoms with E-state index in [0.717, 1.165) is 22.0 Å². The molecule has 0 N–H and O–H groups in total. The zero-order valence-electron chi connectivity index (χ0n) is 11.0. The summed E-state index contributed by atoms with van der Waals surface area (Å²) in [7, 11) is 1.92. The summed E-state index contributed by atoms with van der Waals surface area (Å²) in [6, 6.07) is 14.5. The lowest BCUT2D eigenvalue weighted by Gasteiger charge is -2.06. The van der Waals surface area contributed by atoms with Crippen molar-refractivity contribution in [1.29, 1.82) is 0 Å². The molecule has 96 valence electrons. The molecule has 0 radical (unpaired) electrons. The largest absolute Gasteiger partial charge is 0.264 e. The van der Waals surface area contributed by atoms with Crippen molar-refractivity contribution in [2.45, 2.75) is 0 Å². The van der Waals surface area contributed by atoms with Crippen LogP contribution in [0.1, 0.15) is 0 Å². The topological polar surface area (TPSA) is 43.6 Å². The lowest BCUT2D eigenvalue weighted by Crippen LogP contribution is -1.92. The number of aromatic nitrogens is 4. The third kappa shape index (κ3) is 1.58. The van der Waals surface area contributed by atoms with E-state index >= 15 is 0 Å². The molecule has 0 saturated carbocycles. The molecule has 2 aromatic carbocycles. The van der Waals surface area contributed by atoms with E-state index in [-0.39, 0.29) is 0 Å². The van der Waals surface area contributed by atoms with Gasteiger partial charge >= 0.3 is 0 Å². The van der Waals surface area contributed by atoms with E-state index in [2.05, 4.69) is 39.6 Å². The first kappa shape index (κ1) is 11.1. The minimum Gasteiger partial charge on any atom is -0.264 e. The maximum Gasteiger partial charge on any atom is 0.113 e. The second-order valence-corrected chi connectivity index (χ2v) is 4.82. The lowest BCUT2D eigenvalue weighted by molar-refractivity contribution is 0.737. The van der Waals surface area contributed by atoms with Crippen LogP contribution in [0.25, 0.3) is 32.9 Å². The Kier molecular flexibility index (Phi) is 2.29.